The lowest BCUT2D eigenvalue weighted by Crippen LogP contribution is -2.28. The van der Waals surface area contributed by atoms with Gasteiger partial charge in [-0.1, -0.05) is 0 Å². The zero-order valence-electron chi connectivity index (χ0n) is 9.84. The molecule has 19 heavy (non-hydrogen) atoms. The number of hydrogen-bond donors (Lipinski definition) is 0. The molecule has 1 atom stereocenters. The van der Waals surface area contributed by atoms with Crippen LogP contribution in [0.1, 0.15) is 6.42 Å². The summed E-state index contributed by atoms with van der Waals surface area (Å²) in [5.74, 6) is 0. The maximum absolute atomic E-state index is 12.2. The first-order chi connectivity index (χ1) is 9.03. The average Bonchev–Trinajstić information content (AvgIpc) is 2.94. The van der Waals surface area contributed by atoms with Crippen LogP contribution in [-0.2, 0) is 4.74 Å². The van der Waals surface area contributed by atoms with Gasteiger partial charge in [0.25, 0.3) is 0 Å². The summed E-state index contributed by atoms with van der Waals surface area (Å²) in [7, 11) is 0. The highest BCUT2D eigenvalue weighted by atomic mass is 19.4. The Morgan fingerprint density at radius 2 is 2.16 bits per heavy atom. The number of aromatic nitrogens is 3. The van der Waals surface area contributed by atoms with Crippen LogP contribution >= 0.6 is 0 Å². The number of nitrogens with zero attached hydrogens (tertiary/aromatic N) is 4. The van der Waals surface area contributed by atoms with Crippen LogP contribution in [0.3, 0.4) is 0 Å². The fourth-order valence-corrected chi connectivity index (χ4v) is 2.30. The van der Waals surface area contributed by atoms with Gasteiger partial charge >= 0.3 is 6.36 Å². The van der Waals surface area contributed by atoms with Crippen molar-refractivity contribution in [3.05, 3.63) is 24.7 Å². The SMILES string of the molecule is FC(F)(F)O[C@@H]1CCN(c2ccnn3ccnc23)C1. The fourth-order valence-electron chi connectivity index (χ4n) is 2.30. The van der Waals surface area contributed by atoms with Crippen LogP contribution < -0.4 is 4.90 Å². The lowest BCUT2D eigenvalue weighted by Gasteiger charge is -2.19. The van der Waals surface area contributed by atoms with Crippen molar-refractivity contribution in [1.29, 1.82) is 0 Å². The van der Waals surface area contributed by atoms with Crippen LogP contribution in [0.25, 0.3) is 5.65 Å². The summed E-state index contributed by atoms with van der Waals surface area (Å²) in [5.41, 5.74) is 1.41. The summed E-state index contributed by atoms with van der Waals surface area (Å²) in [6.45, 7) is 0.708. The van der Waals surface area contributed by atoms with Crippen molar-refractivity contribution < 1.29 is 17.9 Å². The number of ether oxygens (including phenoxy) is 1. The lowest BCUT2D eigenvalue weighted by atomic mass is 10.3. The minimum atomic E-state index is -4.58. The molecule has 1 aliphatic rings. The maximum Gasteiger partial charge on any atom is 0.522 e. The van der Waals surface area contributed by atoms with Gasteiger partial charge in [0.05, 0.1) is 18.0 Å². The molecule has 0 radical (unpaired) electrons. The van der Waals surface area contributed by atoms with E-state index in [1.807, 2.05) is 4.90 Å². The van der Waals surface area contributed by atoms with Crippen LogP contribution in [0.4, 0.5) is 18.9 Å². The van der Waals surface area contributed by atoms with E-state index in [2.05, 4.69) is 14.8 Å². The number of hydrogen-bond acceptors (Lipinski definition) is 4. The van der Waals surface area contributed by atoms with E-state index < -0.39 is 12.5 Å². The molecule has 0 aromatic carbocycles. The first kappa shape index (κ1) is 12.2. The number of rotatable bonds is 2. The first-order valence-corrected chi connectivity index (χ1v) is 5.81. The third-order valence-electron chi connectivity index (χ3n) is 3.06. The number of imidazole rings is 1. The number of alkyl halides is 3. The molecule has 1 saturated heterocycles. The molecule has 0 bridgehead atoms. The van der Waals surface area contributed by atoms with Crippen LogP contribution in [0.2, 0.25) is 0 Å². The van der Waals surface area contributed by atoms with Crippen molar-refractivity contribution in [2.45, 2.75) is 18.9 Å². The molecule has 5 nitrogen and oxygen atoms in total. The van der Waals surface area contributed by atoms with E-state index in [-0.39, 0.29) is 6.54 Å². The Hall–Kier alpha value is -1.83. The Morgan fingerprint density at radius 1 is 1.32 bits per heavy atom. The summed E-state index contributed by atoms with van der Waals surface area (Å²) in [6, 6.07) is 1.75. The Labute approximate surface area is 106 Å². The van der Waals surface area contributed by atoms with E-state index >= 15 is 0 Å². The van der Waals surface area contributed by atoms with Crippen molar-refractivity contribution in [1.82, 2.24) is 14.6 Å². The van der Waals surface area contributed by atoms with E-state index in [1.54, 1.807) is 29.2 Å². The summed E-state index contributed by atoms with van der Waals surface area (Å²) >= 11 is 0. The average molecular weight is 272 g/mol. The third kappa shape index (κ3) is 2.48. The van der Waals surface area contributed by atoms with Crippen molar-refractivity contribution in [2.75, 3.05) is 18.0 Å². The van der Waals surface area contributed by atoms with Gasteiger partial charge in [-0.3, -0.25) is 4.74 Å². The van der Waals surface area contributed by atoms with Crippen molar-refractivity contribution in [3.8, 4) is 0 Å². The summed E-state index contributed by atoms with van der Waals surface area (Å²) < 4.78 is 42.2. The Morgan fingerprint density at radius 3 is 2.95 bits per heavy atom. The van der Waals surface area contributed by atoms with Crippen LogP contribution in [-0.4, -0.2) is 40.2 Å². The van der Waals surface area contributed by atoms with E-state index in [4.69, 9.17) is 0 Å². The van der Waals surface area contributed by atoms with Gasteiger partial charge in [0, 0.05) is 25.5 Å². The number of fused-ring (bicyclic) bond motifs is 1. The van der Waals surface area contributed by atoms with E-state index in [0.717, 1.165) is 5.69 Å². The normalized spacial score (nSPS) is 20.4. The molecule has 0 saturated carbocycles. The van der Waals surface area contributed by atoms with E-state index in [0.29, 0.717) is 18.6 Å². The van der Waals surface area contributed by atoms with Crippen LogP contribution in [0, 0.1) is 0 Å². The predicted octanol–water partition coefficient (Wildman–Crippen LogP) is 1.84. The van der Waals surface area contributed by atoms with Gasteiger partial charge in [-0.25, -0.2) is 9.50 Å². The zero-order chi connectivity index (χ0) is 13.5. The molecule has 8 heteroatoms. The van der Waals surface area contributed by atoms with Gasteiger partial charge in [0.1, 0.15) is 0 Å². The maximum atomic E-state index is 12.2. The standard InChI is InChI=1S/C11H11F3N4O/c12-11(13,14)19-8-2-5-17(7-8)9-1-3-16-18-6-4-15-10(9)18/h1,3-4,6,8H,2,5,7H2/t8-/m1/s1. The van der Waals surface area contributed by atoms with Gasteiger partial charge in [-0.05, 0) is 12.5 Å². The summed E-state index contributed by atoms with van der Waals surface area (Å²) in [5, 5.41) is 4.07. The molecule has 3 heterocycles. The zero-order valence-corrected chi connectivity index (χ0v) is 9.84. The monoisotopic (exact) mass is 272 g/mol. The van der Waals surface area contributed by atoms with Gasteiger partial charge in [0.15, 0.2) is 5.65 Å². The number of anilines is 1. The van der Waals surface area contributed by atoms with Crippen molar-refractivity contribution in [2.24, 2.45) is 0 Å². The lowest BCUT2D eigenvalue weighted by molar-refractivity contribution is -0.339. The van der Waals surface area contributed by atoms with Crippen molar-refractivity contribution >= 4 is 11.3 Å². The highest BCUT2D eigenvalue weighted by molar-refractivity contribution is 5.68. The minimum Gasteiger partial charge on any atom is -0.366 e. The quantitative estimate of drug-likeness (QED) is 0.836. The second kappa shape index (κ2) is 4.37. The largest absolute Gasteiger partial charge is 0.522 e. The molecule has 0 spiro atoms. The smallest absolute Gasteiger partial charge is 0.366 e. The van der Waals surface area contributed by atoms with Crippen LogP contribution in [0.5, 0.6) is 0 Å². The van der Waals surface area contributed by atoms with Crippen molar-refractivity contribution in [3.63, 3.8) is 0 Å². The Kier molecular flexibility index (Phi) is 2.81. The van der Waals surface area contributed by atoms with Crippen LogP contribution in [0.15, 0.2) is 24.7 Å². The molecule has 102 valence electrons. The molecule has 0 aliphatic carbocycles. The molecule has 1 aliphatic heterocycles. The van der Waals surface area contributed by atoms with Gasteiger partial charge in [-0.15, -0.1) is 13.2 Å². The molecule has 2 aromatic rings. The molecule has 0 amide bonds. The highest BCUT2D eigenvalue weighted by Gasteiger charge is 2.37. The van der Waals surface area contributed by atoms with Gasteiger partial charge < -0.3 is 4.90 Å². The molecular formula is C11H11F3N4O. The first-order valence-electron chi connectivity index (χ1n) is 5.81. The topological polar surface area (TPSA) is 42.7 Å². The molecule has 1 fully saturated rings. The third-order valence-corrected chi connectivity index (χ3v) is 3.06. The Bertz CT molecular complexity index is 583. The molecule has 0 unspecified atom stereocenters. The predicted molar refractivity (Wildman–Crippen MR) is 60.7 cm³/mol. The van der Waals surface area contributed by atoms with E-state index in [9.17, 15) is 13.2 Å². The number of halogens is 3. The molecule has 3 rings (SSSR count). The summed E-state index contributed by atoms with van der Waals surface area (Å²) in [6.07, 6.45) is -0.175. The highest BCUT2D eigenvalue weighted by Crippen LogP contribution is 2.28. The minimum absolute atomic E-state index is 0.200. The second-order valence-corrected chi connectivity index (χ2v) is 4.33. The second-order valence-electron chi connectivity index (χ2n) is 4.33. The van der Waals surface area contributed by atoms with E-state index in [1.165, 1.54) is 0 Å². The molecule has 0 N–H and O–H groups in total. The molecular weight excluding hydrogens is 261 g/mol. The summed E-state index contributed by atoms with van der Waals surface area (Å²) in [4.78, 5) is 5.99. The molecule has 2 aromatic heterocycles. The Balaban J connectivity index is 1.79. The van der Waals surface area contributed by atoms with Gasteiger partial charge in [0.2, 0.25) is 0 Å². The van der Waals surface area contributed by atoms with Gasteiger partial charge in [-0.2, -0.15) is 5.10 Å². The fraction of sp³-hybridized carbons (Fsp3) is 0.455.